The van der Waals surface area contributed by atoms with Crippen molar-refractivity contribution in [3.8, 4) is 5.75 Å². The third-order valence-corrected chi connectivity index (χ3v) is 3.55. The lowest BCUT2D eigenvalue weighted by Gasteiger charge is -2.12. The van der Waals surface area contributed by atoms with E-state index in [1.54, 1.807) is 4.68 Å². The van der Waals surface area contributed by atoms with E-state index in [2.05, 4.69) is 5.10 Å². The number of nitrogens with zero attached hydrogens (tertiary/aromatic N) is 2. The Bertz CT molecular complexity index is 596. The van der Waals surface area contributed by atoms with Crippen molar-refractivity contribution in [3.63, 3.8) is 0 Å². The first-order valence-electron chi connectivity index (χ1n) is 6.07. The zero-order valence-electron chi connectivity index (χ0n) is 11.6. The third-order valence-electron chi connectivity index (χ3n) is 3.08. The zero-order valence-corrected chi connectivity index (χ0v) is 12.4. The minimum atomic E-state index is 0.368. The van der Waals surface area contributed by atoms with Crippen LogP contribution in [0.5, 0.6) is 5.75 Å². The highest BCUT2D eigenvalue weighted by Crippen LogP contribution is 2.29. The molecule has 0 aliphatic heterocycles. The van der Waals surface area contributed by atoms with Gasteiger partial charge in [-0.05, 0) is 38.0 Å². The quantitative estimate of drug-likeness (QED) is 0.878. The van der Waals surface area contributed by atoms with Gasteiger partial charge in [0.05, 0.1) is 11.4 Å². The van der Waals surface area contributed by atoms with Gasteiger partial charge in [-0.3, -0.25) is 4.68 Å². The molecule has 0 bridgehead atoms. The van der Waals surface area contributed by atoms with E-state index in [-0.39, 0.29) is 0 Å². The van der Waals surface area contributed by atoms with Gasteiger partial charge in [0.1, 0.15) is 17.5 Å². The number of halogens is 1. The van der Waals surface area contributed by atoms with Crippen molar-refractivity contribution >= 4 is 17.3 Å². The summed E-state index contributed by atoms with van der Waals surface area (Å²) >= 11 is 6.17. The summed E-state index contributed by atoms with van der Waals surface area (Å²) in [5, 5.41) is 4.85. The molecular formula is C14H18ClN3O. The Kier molecular flexibility index (Phi) is 3.71. The Labute approximate surface area is 118 Å². The van der Waals surface area contributed by atoms with Gasteiger partial charge in [-0.15, -0.1) is 0 Å². The summed E-state index contributed by atoms with van der Waals surface area (Å²) in [7, 11) is 1.81. The minimum Gasteiger partial charge on any atom is -0.486 e. The lowest BCUT2D eigenvalue weighted by molar-refractivity contribution is 0.305. The highest BCUT2D eigenvalue weighted by molar-refractivity contribution is 6.30. The largest absolute Gasteiger partial charge is 0.486 e. The number of ether oxygens (including phenoxy) is 1. The van der Waals surface area contributed by atoms with Crippen LogP contribution in [0.15, 0.2) is 12.1 Å². The molecule has 19 heavy (non-hydrogen) atoms. The van der Waals surface area contributed by atoms with Gasteiger partial charge in [0.25, 0.3) is 0 Å². The topological polar surface area (TPSA) is 53.1 Å². The van der Waals surface area contributed by atoms with Crippen molar-refractivity contribution in [2.45, 2.75) is 27.4 Å². The maximum absolute atomic E-state index is 6.17. The van der Waals surface area contributed by atoms with Crippen LogP contribution in [-0.4, -0.2) is 9.78 Å². The molecule has 2 rings (SSSR count). The molecule has 0 amide bonds. The number of rotatable bonds is 3. The molecule has 1 aromatic heterocycles. The van der Waals surface area contributed by atoms with E-state index in [1.165, 1.54) is 0 Å². The average molecular weight is 280 g/mol. The summed E-state index contributed by atoms with van der Waals surface area (Å²) < 4.78 is 7.46. The molecule has 1 heterocycles. The number of hydrogen-bond acceptors (Lipinski definition) is 3. The first-order valence-corrected chi connectivity index (χ1v) is 6.45. The van der Waals surface area contributed by atoms with Gasteiger partial charge < -0.3 is 10.5 Å². The second-order valence-electron chi connectivity index (χ2n) is 4.77. The predicted octanol–water partition coefficient (Wildman–Crippen LogP) is 3.16. The Morgan fingerprint density at radius 2 is 2.00 bits per heavy atom. The summed E-state index contributed by atoms with van der Waals surface area (Å²) in [6.45, 7) is 6.27. The Morgan fingerprint density at radius 1 is 1.32 bits per heavy atom. The first kappa shape index (κ1) is 13.7. The number of hydrogen-bond donors (Lipinski definition) is 1. The monoisotopic (exact) mass is 279 g/mol. The molecule has 102 valence electrons. The molecule has 2 N–H and O–H groups in total. The SMILES string of the molecule is Cc1cc(C)c(OCc2c(C)nn(C)c2Cl)c(N)c1. The molecule has 0 atom stereocenters. The van der Waals surface area contributed by atoms with Crippen LogP contribution in [0, 0.1) is 20.8 Å². The van der Waals surface area contributed by atoms with Crippen molar-refractivity contribution in [1.82, 2.24) is 9.78 Å². The van der Waals surface area contributed by atoms with Crippen molar-refractivity contribution in [3.05, 3.63) is 39.7 Å². The van der Waals surface area contributed by atoms with Gasteiger partial charge in [0.15, 0.2) is 0 Å². The van der Waals surface area contributed by atoms with E-state index < -0.39 is 0 Å². The molecule has 0 radical (unpaired) electrons. The van der Waals surface area contributed by atoms with Crippen molar-refractivity contribution < 1.29 is 4.74 Å². The molecule has 0 spiro atoms. The van der Waals surface area contributed by atoms with E-state index in [9.17, 15) is 0 Å². The van der Waals surface area contributed by atoms with E-state index in [4.69, 9.17) is 22.1 Å². The van der Waals surface area contributed by atoms with E-state index in [0.717, 1.165) is 22.4 Å². The van der Waals surface area contributed by atoms with Crippen molar-refractivity contribution in [2.24, 2.45) is 7.05 Å². The molecule has 0 aliphatic rings. The minimum absolute atomic E-state index is 0.368. The first-order chi connectivity index (χ1) is 8.90. The fourth-order valence-electron chi connectivity index (χ4n) is 2.17. The van der Waals surface area contributed by atoms with Crippen LogP contribution in [0.1, 0.15) is 22.4 Å². The lowest BCUT2D eigenvalue weighted by Crippen LogP contribution is -2.02. The van der Waals surface area contributed by atoms with Gasteiger partial charge in [0, 0.05) is 12.6 Å². The number of aromatic nitrogens is 2. The second-order valence-corrected chi connectivity index (χ2v) is 5.13. The molecule has 0 saturated heterocycles. The highest BCUT2D eigenvalue weighted by atomic mass is 35.5. The highest BCUT2D eigenvalue weighted by Gasteiger charge is 2.13. The number of aryl methyl sites for hydroxylation is 4. The number of nitrogens with two attached hydrogens (primary N) is 1. The molecule has 0 fully saturated rings. The number of benzene rings is 1. The van der Waals surface area contributed by atoms with Gasteiger partial charge in [-0.2, -0.15) is 5.10 Å². The van der Waals surface area contributed by atoms with Crippen LogP contribution >= 0.6 is 11.6 Å². The molecule has 5 heteroatoms. The smallest absolute Gasteiger partial charge is 0.145 e. The summed E-state index contributed by atoms with van der Waals surface area (Å²) in [6, 6.07) is 3.95. The number of nitrogen functional groups attached to an aromatic ring is 1. The van der Waals surface area contributed by atoms with Gasteiger partial charge in [0.2, 0.25) is 0 Å². The van der Waals surface area contributed by atoms with Crippen molar-refractivity contribution in [1.29, 1.82) is 0 Å². The van der Waals surface area contributed by atoms with Crippen LogP contribution < -0.4 is 10.5 Å². The van der Waals surface area contributed by atoms with Crippen LogP contribution in [0.4, 0.5) is 5.69 Å². The predicted molar refractivity (Wildman–Crippen MR) is 77.6 cm³/mol. The maximum Gasteiger partial charge on any atom is 0.145 e. The molecule has 0 saturated carbocycles. The normalized spacial score (nSPS) is 10.8. The summed E-state index contributed by atoms with van der Waals surface area (Å²) in [5.41, 5.74) is 10.5. The standard InChI is InChI=1S/C14H18ClN3O/c1-8-5-9(2)13(12(16)6-8)19-7-11-10(3)17-18(4)14(11)15/h5-6H,7,16H2,1-4H3. The van der Waals surface area contributed by atoms with Gasteiger partial charge in [-0.1, -0.05) is 17.7 Å². The fraction of sp³-hybridized carbons (Fsp3) is 0.357. The Hall–Kier alpha value is -1.68. The molecular weight excluding hydrogens is 262 g/mol. The molecule has 0 unspecified atom stereocenters. The maximum atomic E-state index is 6.17. The average Bonchev–Trinajstić information content (AvgIpc) is 2.53. The van der Waals surface area contributed by atoms with Gasteiger partial charge >= 0.3 is 0 Å². The Balaban J connectivity index is 2.24. The van der Waals surface area contributed by atoms with Crippen molar-refractivity contribution in [2.75, 3.05) is 5.73 Å². The second kappa shape index (κ2) is 5.13. The van der Waals surface area contributed by atoms with Crippen LogP contribution in [0.3, 0.4) is 0 Å². The van der Waals surface area contributed by atoms with Gasteiger partial charge in [-0.25, -0.2) is 0 Å². The summed E-state index contributed by atoms with van der Waals surface area (Å²) in [6.07, 6.45) is 0. The summed E-state index contributed by atoms with van der Waals surface area (Å²) in [5.74, 6) is 0.713. The molecule has 2 aromatic rings. The lowest BCUT2D eigenvalue weighted by atomic mass is 10.1. The number of anilines is 1. The van der Waals surface area contributed by atoms with Crippen LogP contribution in [0.25, 0.3) is 0 Å². The zero-order chi connectivity index (χ0) is 14.2. The van der Waals surface area contributed by atoms with Crippen LogP contribution in [-0.2, 0) is 13.7 Å². The van der Waals surface area contributed by atoms with E-state index >= 15 is 0 Å². The van der Waals surface area contributed by atoms with E-state index in [0.29, 0.717) is 23.2 Å². The molecule has 4 nitrogen and oxygen atoms in total. The molecule has 1 aromatic carbocycles. The molecule has 0 aliphatic carbocycles. The fourth-order valence-corrected chi connectivity index (χ4v) is 2.40. The van der Waals surface area contributed by atoms with E-state index in [1.807, 2.05) is 40.0 Å². The third kappa shape index (κ3) is 2.68. The van der Waals surface area contributed by atoms with Crippen LogP contribution in [0.2, 0.25) is 5.15 Å². The summed E-state index contributed by atoms with van der Waals surface area (Å²) in [4.78, 5) is 0. The Morgan fingerprint density at radius 3 is 2.53 bits per heavy atom.